The molecule has 0 N–H and O–H groups in total. The van der Waals surface area contributed by atoms with E-state index in [0.29, 0.717) is 0 Å². The van der Waals surface area contributed by atoms with Crippen LogP contribution in [-0.4, -0.2) is 0 Å². The standard InChI is InChI=1S/C23H22/c1-3-16-10-7-12-20(18(16)4-2)22-14-8-13-21-19-11-6-5-9-17(19)15-23(21)22/h5-14H,3-4,15H2,1-2H3. The van der Waals surface area contributed by atoms with Crippen molar-refractivity contribution in [1.82, 2.24) is 0 Å². The maximum Gasteiger partial charge on any atom is -0.000728 e. The molecule has 0 amide bonds. The Bertz CT molecular complexity index is 871. The summed E-state index contributed by atoms with van der Waals surface area (Å²) in [6.07, 6.45) is 3.25. The minimum Gasteiger partial charge on any atom is -0.0619 e. The first-order chi connectivity index (χ1) is 11.3. The minimum absolute atomic E-state index is 1.06. The molecule has 0 spiro atoms. The molecule has 0 aliphatic heterocycles. The van der Waals surface area contributed by atoms with Crippen molar-refractivity contribution in [2.75, 3.05) is 0 Å². The summed E-state index contributed by atoms with van der Waals surface area (Å²) in [5.74, 6) is 0. The van der Waals surface area contributed by atoms with Gasteiger partial charge in [0.25, 0.3) is 0 Å². The second kappa shape index (κ2) is 5.70. The number of hydrogen-bond donors (Lipinski definition) is 0. The molecule has 3 aromatic carbocycles. The Kier molecular flexibility index (Phi) is 3.53. The molecule has 0 saturated heterocycles. The molecular weight excluding hydrogens is 276 g/mol. The lowest BCUT2D eigenvalue weighted by atomic mass is 9.89. The van der Waals surface area contributed by atoms with Crippen molar-refractivity contribution in [3.05, 3.63) is 82.9 Å². The first-order valence-corrected chi connectivity index (χ1v) is 8.64. The van der Waals surface area contributed by atoms with Gasteiger partial charge >= 0.3 is 0 Å². The monoisotopic (exact) mass is 298 g/mol. The Morgan fingerprint density at radius 1 is 0.652 bits per heavy atom. The average molecular weight is 298 g/mol. The van der Waals surface area contributed by atoms with Crippen molar-refractivity contribution >= 4 is 0 Å². The quantitative estimate of drug-likeness (QED) is 0.432. The fourth-order valence-corrected chi connectivity index (χ4v) is 4.05. The van der Waals surface area contributed by atoms with Crippen LogP contribution in [0.15, 0.2) is 60.7 Å². The summed E-state index contributed by atoms with van der Waals surface area (Å²) in [5.41, 5.74) is 11.6. The number of hydrogen-bond acceptors (Lipinski definition) is 0. The summed E-state index contributed by atoms with van der Waals surface area (Å²) in [6.45, 7) is 4.53. The van der Waals surface area contributed by atoms with Crippen molar-refractivity contribution in [2.45, 2.75) is 33.1 Å². The molecule has 0 aromatic heterocycles. The zero-order chi connectivity index (χ0) is 15.8. The van der Waals surface area contributed by atoms with Gasteiger partial charge < -0.3 is 0 Å². The summed E-state index contributed by atoms with van der Waals surface area (Å²) >= 11 is 0. The summed E-state index contributed by atoms with van der Waals surface area (Å²) in [5, 5.41) is 0. The lowest BCUT2D eigenvalue weighted by molar-refractivity contribution is 1.04. The van der Waals surface area contributed by atoms with Gasteiger partial charge in [-0.25, -0.2) is 0 Å². The predicted octanol–water partition coefficient (Wildman–Crippen LogP) is 6.05. The number of aryl methyl sites for hydroxylation is 1. The second-order valence-electron chi connectivity index (χ2n) is 6.32. The van der Waals surface area contributed by atoms with Crippen LogP contribution in [0.1, 0.15) is 36.1 Å². The Balaban J connectivity index is 1.94. The third-order valence-corrected chi connectivity index (χ3v) is 5.15. The summed E-state index contributed by atoms with van der Waals surface area (Å²) < 4.78 is 0. The van der Waals surface area contributed by atoms with E-state index in [1.54, 1.807) is 0 Å². The maximum atomic E-state index is 2.30. The normalized spacial score (nSPS) is 12.1. The lowest BCUT2D eigenvalue weighted by Crippen LogP contribution is -1.97. The molecule has 23 heavy (non-hydrogen) atoms. The highest BCUT2D eigenvalue weighted by Crippen LogP contribution is 2.42. The first-order valence-electron chi connectivity index (χ1n) is 8.64. The molecule has 1 aliphatic rings. The van der Waals surface area contributed by atoms with Crippen LogP contribution in [0.3, 0.4) is 0 Å². The van der Waals surface area contributed by atoms with E-state index < -0.39 is 0 Å². The molecule has 0 heterocycles. The predicted molar refractivity (Wildman–Crippen MR) is 98.9 cm³/mol. The maximum absolute atomic E-state index is 2.30. The van der Waals surface area contributed by atoms with Gasteiger partial charge in [-0.2, -0.15) is 0 Å². The topological polar surface area (TPSA) is 0 Å². The van der Waals surface area contributed by atoms with Gasteiger partial charge in [0.2, 0.25) is 0 Å². The Labute approximate surface area is 138 Å². The van der Waals surface area contributed by atoms with Gasteiger partial charge in [0, 0.05) is 0 Å². The van der Waals surface area contributed by atoms with Gasteiger partial charge in [0.05, 0.1) is 0 Å². The van der Waals surface area contributed by atoms with Gasteiger partial charge in [-0.05, 0) is 63.8 Å². The molecule has 0 unspecified atom stereocenters. The second-order valence-corrected chi connectivity index (χ2v) is 6.32. The van der Waals surface area contributed by atoms with E-state index in [9.17, 15) is 0 Å². The van der Waals surface area contributed by atoms with E-state index in [4.69, 9.17) is 0 Å². The van der Waals surface area contributed by atoms with Crippen molar-refractivity contribution in [2.24, 2.45) is 0 Å². The smallest absolute Gasteiger partial charge is 0.000728 e. The highest BCUT2D eigenvalue weighted by atomic mass is 14.3. The van der Waals surface area contributed by atoms with E-state index in [1.165, 1.54) is 44.5 Å². The van der Waals surface area contributed by atoms with E-state index >= 15 is 0 Å². The Hall–Kier alpha value is -2.34. The molecule has 0 saturated carbocycles. The van der Waals surface area contributed by atoms with Gasteiger partial charge in [-0.1, -0.05) is 74.5 Å². The van der Waals surface area contributed by atoms with Crippen molar-refractivity contribution < 1.29 is 0 Å². The molecule has 0 fully saturated rings. The van der Waals surface area contributed by atoms with Crippen LogP contribution in [-0.2, 0) is 19.3 Å². The van der Waals surface area contributed by atoms with E-state index in [-0.39, 0.29) is 0 Å². The third kappa shape index (κ3) is 2.21. The van der Waals surface area contributed by atoms with Crippen LogP contribution in [0.2, 0.25) is 0 Å². The van der Waals surface area contributed by atoms with Crippen molar-refractivity contribution in [3.8, 4) is 22.3 Å². The van der Waals surface area contributed by atoms with Crippen LogP contribution in [0, 0.1) is 0 Å². The molecule has 114 valence electrons. The highest BCUT2D eigenvalue weighted by Gasteiger charge is 2.22. The summed E-state index contributed by atoms with van der Waals surface area (Å²) in [7, 11) is 0. The third-order valence-electron chi connectivity index (χ3n) is 5.15. The molecule has 0 atom stereocenters. The van der Waals surface area contributed by atoms with E-state index in [1.807, 2.05) is 0 Å². The zero-order valence-electron chi connectivity index (χ0n) is 13.9. The van der Waals surface area contributed by atoms with Crippen molar-refractivity contribution in [1.29, 1.82) is 0 Å². The number of benzene rings is 3. The molecule has 4 rings (SSSR count). The van der Waals surface area contributed by atoms with Crippen molar-refractivity contribution in [3.63, 3.8) is 0 Å². The Morgan fingerprint density at radius 2 is 1.30 bits per heavy atom. The molecule has 0 bridgehead atoms. The largest absolute Gasteiger partial charge is 0.0619 e. The highest BCUT2D eigenvalue weighted by molar-refractivity contribution is 5.85. The number of rotatable bonds is 3. The Morgan fingerprint density at radius 3 is 2.09 bits per heavy atom. The van der Waals surface area contributed by atoms with Crippen LogP contribution < -0.4 is 0 Å². The van der Waals surface area contributed by atoms with Crippen LogP contribution >= 0.6 is 0 Å². The van der Waals surface area contributed by atoms with Gasteiger partial charge in [0.15, 0.2) is 0 Å². The summed E-state index contributed by atoms with van der Waals surface area (Å²) in [6, 6.07) is 22.4. The first kappa shape index (κ1) is 14.3. The molecular formula is C23H22. The molecule has 3 aromatic rings. The zero-order valence-corrected chi connectivity index (χ0v) is 13.9. The molecule has 0 nitrogen and oxygen atoms in total. The molecule has 0 radical (unpaired) electrons. The summed E-state index contributed by atoms with van der Waals surface area (Å²) in [4.78, 5) is 0. The fraction of sp³-hybridized carbons (Fsp3) is 0.217. The SMILES string of the molecule is CCc1cccc(-c2cccc3c2Cc2ccccc2-3)c1CC. The molecule has 0 heteroatoms. The average Bonchev–Trinajstić information content (AvgIpc) is 2.99. The van der Waals surface area contributed by atoms with Gasteiger partial charge in [0.1, 0.15) is 0 Å². The van der Waals surface area contributed by atoms with Gasteiger partial charge in [-0.15, -0.1) is 0 Å². The minimum atomic E-state index is 1.06. The van der Waals surface area contributed by atoms with E-state index in [2.05, 4.69) is 74.5 Å². The number of fused-ring (bicyclic) bond motifs is 3. The van der Waals surface area contributed by atoms with Crippen LogP contribution in [0.4, 0.5) is 0 Å². The van der Waals surface area contributed by atoms with Crippen LogP contribution in [0.25, 0.3) is 22.3 Å². The van der Waals surface area contributed by atoms with Crippen LogP contribution in [0.5, 0.6) is 0 Å². The van der Waals surface area contributed by atoms with E-state index in [0.717, 1.165) is 19.3 Å². The van der Waals surface area contributed by atoms with Gasteiger partial charge in [-0.3, -0.25) is 0 Å². The molecule has 1 aliphatic carbocycles. The lowest BCUT2D eigenvalue weighted by Gasteiger charge is -2.16. The fourth-order valence-electron chi connectivity index (χ4n) is 4.05.